The number of para-hydroxylation sites is 1. The van der Waals surface area contributed by atoms with Crippen LogP contribution in [0.3, 0.4) is 0 Å². The monoisotopic (exact) mass is 454 g/mol. The quantitative estimate of drug-likeness (QED) is 0.361. The summed E-state index contributed by atoms with van der Waals surface area (Å²) in [7, 11) is 1.56. The number of aromatic nitrogens is 2. The minimum atomic E-state index is -0.410. The molecule has 0 spiro atoms. The van der Waals surface area contributed by atoms with Gasteiger partial charge in [0, 0.05) is 19.3 Å². The fourth-order valence-electron chi connectivity index (χ4n) is 3.32. The van der Waals surface area contributed by atoms with Gasteiger partial charge in [-0.15, -0.1) is 0 Å². The molecule has 32 heavy (non-hydrogen) atoms. The van der Waals surface area contributed by atoms with E-state index in [0.29, 0.717) is 28.4 Å². The van der Waals surface area contributed by atoms with Crippen LogP contribution in [0.1, 0.15) is 19.4 Å². The Hall–Kier alpha value is -3.22. The van der Waals surface area contributed by atoms with Crippen molar-refractivity contribution in [3.05, 3.63) is 64.7 Å². The van der Waals surface area contributed by atoms with E-state index in [2.05, 4.69) is 4.98 Å². The van der Waals surface area contributed by atoms with Gasteiger partial charge in [-0.2, -0.15) is 5.26 Å². The van der Waals surface area contributed by atoms with Gasteiger partial charge in [0.1, 0.15) is 5.82 Å². The zero-order valence-electron chi connectivity index (χ0n) is 17.8. The van der Waals surface area contributed by atoms with Crippen LogP contribution in [-0.2, 0) is 9.53 Å². The summed E-state index contributed by atoms with van der Waals surface area (Å²) in [5, 5.41) is 9.86. The number of nitriles is 1. The molecule has 3 rings (SSSR count). The second-order valence-corrected chi connectivity index (χ2v) is 8.05. The van der Waals surface area contributed by atoms with Gasteiger partial charge in [-0.3, -0.25) is 14.2 Å². The first-order valence-electron chi connectivity index (χ1n) is 10.0. The molecular formula is C23H23FN4O3S. The Labute approximate surface area is 189 Å². The number of methoxy groups -OCH3 is 1. The van der Waals surface area contributed by atoms with Crippen LogP contribution in [0.2, 0.25) is 0 Å². The molecule has 7 nitrogen and oxygen atoms in total. The summed E-state index contributed by atoms with van der Waals surface area (Å²) in [6.07, 6.45) is 0.136. The number of amides is 1. The summed E-state index contributed by atoms with van der Waals surface area (Å²) in [6.45, 7) is 2.34. The van der Waals surface area contributed by atoms with Crippen molar-refractivity contribution in [2.75, 3.05) is 30.9 Å². The Morgan fingerprint density at radius 1 is 1.28 bits per heavy atom. The van der Waals surface area contributed by atoms with E-state index < -0.39 is 5.82 Å². The van der Waals surface area contributed by atoms with Crippen LogP contribution in [0.15, 0.2) is 58.5 Å². The highest BCUT2D eigenvalue weighted by Gasteiger charge is 2.20. The van der Waals surface area contributed by atoms with E-state index in [1.807, 2.05) is 13.0 Å². The average molecular weight is 455 g/mol. The molecule has 0 aliphatic heterocycles. The standard InChI is InChI=1S/C23H23FN4O3S/c1-16(14-31-2)28-22(30)19-6-3-4-7-20(19)26-23(28)32-15-21(29)27(13-5-12-25)18-10-8-17(24)9-11-18/h3-4,6-11,16H,5,13-15H2,1-2H3/t16-/m0/s1. The summed E-state index contributed by atoms with van der Waals surface area (Å²) < 4.78 is 20.1. The molecule has 0 fully saturated rings. The maximum Gasteiger partial charge on any atom is 0.262 e. The topological polar surface area (TPSA) is 88.2 Å². The fourth-order valence-corrected chi connectivity index (χ4v) is 4.29. The molecule has 0 unspecified atom stereocenters. The first-order chi connectivity index (χ1) is 15.5. The number of rotatable bonds is 9. The van der Waals surface area contributed by atoms with Crippen LogP contribution < -0.4 is 10.5 Å². The van der Waals surface area contributed by atoms with Crippen molar-refractivity contribution in [3.63, 3.8) is 0 Å². The SMILES string of the molecule is COC[C@H](C)n1c(SCC(=O)N(CCC#N)c2ccc(F)cc2)nc2ccccc2c1=O. The van der Waals surface area contributed by atoms with Crippen LogP contribution in [0, 0.1) is 17.1 Å². The van der Waals surface area contributed by atoms with Crippen LogP contribution in [-0.4, -0.2) is 41.5 Å². The molecule has 166 valence electrons. The van der Waals surface area contributed by atoms with Crippen molar-refractivity contribution in [2.24, 2.45) is 0 Å². The first-order valence-corrected chi connectivity index (χ1v) is 11.0. The Bertz CT molecular complexity index is 1190. The van der Waals surface area contributed by atoms with E-state index in [9.17, 15) is 14.0 Å². The van der Waals surface area contributed by atoms with Crippen molar-refractivity contribution in [2.45, 2.75) is 24.5 Å². The van der Waals surface area contributed by atoms with Gasteiger partial charge in [0.2, 0.25) is 5.91 Å². The van der Waals surface area contributed by atoms with E-state index in [0.717, 1.165) is 11.8 Å². The minimum absolute atomic E-state index is 0.00666. The number of fused-ring (bicyclic) bond motifs is 1. The van der Waals surface area contributed by atoms with Gasteiger partial charge in [0.15, 0.2) is 5.16 Å². The third-order valence-corrected chi connectivity index (χ3v) is 5.77. The predicted octanol–water partition coefficient (Wildman–Crippen LogP) is 3.78. The van der Waals surface area contributed by atoms with Crippen LogP contribution in [0.5, 0.6) is 0 Å². The van der Waals surface area contributed by atoms with E-state index in [1.165, 1.54) is 29.2 Å². The lowest BCUT2D eigenvalue weighted by Gasteiger charge is -2.23. The number of hydrogen-bond donors (Lipinski definition) is 0. The smallest absolute Gasteiger partial charge is 0.262 e. The molecule has 1 heterocycles. The lowest BCUT2D eigenvalue weighted by molar-refractivity contribution is -0.116. The molecule has 1 amide bonds. The van der Waals surface area contributed by atoms with Crippen LogP contribution in [0.25, 0.3) is 10.9 Å². The summed E-state index contributed by atoms with van der Waals surface area (Å²) in [6, 6.07) is 14.3. The third kappa shape index (κ3) is 5.33. The molecule has 1 atom stereocenters. The van der Waals surface area contributed by atoms with Gasteiger partial charge >= 0.3 is 0 Å². The van der Waals surface area contributed by atoms with Crippen molar-refractivity contribution >= 4 is 34.3 Å². The molecular weight excluding hydrogens is 431 g/mol. The van der Waals surface area contributed by atoms with E-state index >= 15 is 0 Å². The highest BCUT2D eigenvalue weighted by Crippen LogP contribution is 2.23. The van der Waals surface area contributed by atoms with Gasteiger partial charge in [0.05, 0.1) is 41.8 Å². The molecule has 9 heteroatoms. The number of ether oxygens (including phenoxy) is 1. The van der Waals surface area contributed by atoms with Crippen molar-refractivity contribution < 1.29 is 13.9 Å². The maximum absolute atomic E-state index is 13.3. The number of carbonyl (C=O) groups excluding carboxylic acids is 1. The average Bonchev–Trinajstić information content (AvgIpc) is 2.79. The Morgan fingerprint density at radius 2 is 2.00 bits per heavy atom. The zero-order chi connectivity index (χ0) is 23.1. The normalized spacial score (nSPS) is 11.8. The van der Waals surface area contributed by atoms with Gasteiger partial charge in [0.25, 0.3) is 5.56 Å². The summed E-state index contributed by atoms with van der Waals surface area (Å²) in [5.41, 5.74) is 0.854. The summed E-state index contributed by atoms with van der Waals surface area (Å²) in [4.78, 5) is 32.2. The molecule has 0 aliphatic carbocycles. The van der Waals surface area contributed by atoms with Gasteiger partial charge in [-0.05, 0) is 43.3 Å². The van der Waals surface area contributed by atoms with E-state index in [4.69, 9.17) is 10.00 Å². The van der Waals surface area contributed by atoms with Crippen LogP contribution in [0.4, 0.5) is 10.1 Å². The zero-order valence-corrected chi connectivity index (χ0v) is 18.6. The van der Waals surface area contributed by atoms with Crippen LogP contribution >= 0.6 is 11.8 Å². The Morgan fingerprint density at radius 3 is 2.69 bits per heavy atom. The van der Waals surface area contributed by atoms with Crippen molar-refractivity contribution in [3.8, 4) is 6.07 Å². The molecule has 0 saturated heterocycles. The number of thioether (sulfide) groups is 1. The lowest BCUT2D eigenvalue weighted by Crippen LogP contribution is -2.34. The molecule has 3 aromatic rings. The second kappa shape index (κ2) is 10.9. The van der Waals surface area contributed by atoms with Crippen molar-refractivity contribution in [1.82, 2.24) is 9.55 Å². The molecule has 0 radical (unpaired) electrons. The molecule has 0 aliphatic rings. The maximum atomic E-state index is 13.3. The number of benzene rings is 2. The minimum Gasteiger partial charge on any atom is -0.383 e. The molecule has 1 aromatic heterocycles. The molecule has 0 bridgehead atoms. The molecule has 0 N–H and O–H groups in total. The van der Waals surface area contributed by atoms with Gasteiger partial charge in [-0.25, -0.2) is 9.37 Å². The highest BCUT2D eigenvalue weighted by atomic mass is 32.2. The fraction of sp³-hybridized carbons (Fsp3) is 0.304. The second-order valence-electron chi connectivity index (χ2n) is 7.11. The number of nitrogens with zero attached hydrogens (tertiary/aromatic N) is 4. The van der Waals surface area contributed by atoms with E-state index in [-0.39, 0.29) is 36.2 Å². The summed E-state index contributed by atoms with van der Waals surface area (Å²) >= 11 is 1.15. The predicted molar refractivity (Wildman–Crippen MR) is 122 cm³/mol. The molecule has 2 aromatic carbocycles. The number of halogens is 1. The van der Waals surface area contributed by atoms with E-state index in [1.54, 1.807) is 35.9 Å². The summed E-state index contributed by atoms with van der Waals surface area (Å²) in [5.74, 6) is -0.690. The largest absolute Gasteiger partial charge is 0.383 e. The van der Waals surface area contributed by atoms with Gasteiger partial charge < -0.3 is 9.64 Å². The van der Waals surface area contributed by atoms with Gasteiger partial charge in [-0.1, -0.05) is 23.9 Å². The highest BCUT2D eigenvalue weighted by molar-refractivity contribution is 7.99. The van der Waals surface area contributed by atoms with Crippen molar-refractivity contribution in [1.29, 1.82) is 5.26 Å². The Balaban J connectivity index is 1.91. The number of carbonyl (C=O) groups is 1. The lowest BCUT2D eigenvalue weighted by atomic mass is 10.2. The number of hydrogen-bond acceptors (Lipinski definition) is 6. The first kappa shape index (κ1) is 23.4. The number of anilines is 1. The Kier molecular flexibility index (Phi) is 7.98. The molecule has 0 saturated carbocycles. The third-order valence-electron chi connectivity index (χ3n) is 4.84.